The minimum Gasteiger partial charge on any atom is -0.355 e. The zero-order valence-corrected chi connectivity index (χ0v) is 10.5. The average molecular weight is 250 g/mol. The van der Waals surface area contributed by atoms with Gasteiger partial charge >= 0.3 is 0 Å². The quantitative estimate of drug-likeness (QED) is 0.696. The van der Waals surface area contributed by atoms with Crippen LogP contribution >= 0.6 is 0 Å². The molecule has 1 aliphatic heterocycles. The fraction of sp³-hybridized carbons (Fsp3) is 0.200. The van der Waals surface area contributed by atoms with Crippen molar-refractivity contribution in [3.63, 3.8) is 0 Å². The lowest BCUT2D eigenvalue weighted by atomic mass is 10.1. The Morgan fingerprint density at radius 3 is 2.89 bits per heavy atom. The van der Waals surface area contributed by atoms with Gasteiger partial charge in [0.1, 0.15) is 0 Å². The van der Waals surface area contributed by atoms with Crippen LogP contribution in [0.2, 0.25) is 0 Å². The summed E-state index contributed by atoms with van der Waals surface area (Å²) in [4.78, 5) is 12.6. The van der Waals surface area contributed by atoms with Crippen LogP contribution in [0.3, 0.4) is 0 Å². The maximum atomic E-state index is 4.74. The highest BCUT2D eigenvalue weighted by atomic mass is 15.0. The number of nitrogens with one attached hydrogen (secondary N) is 2. The lowest BCUT2D eigenvalue weighted by molar-refractivity contribution is 0.640. The van der Waals surface area contributed by atoms with Crippen molar-refractivity contribution in [2.75, 3.05) is 6.54 Å². The van der Waals surface area contributed by atoms with Crippen LogP contribution in [0, 0.1) is 0 Å². The van der Waals surface area contributed by atoms with E-state index in [4.69, 9.17) is 4.98 Å². The Kier molecular flexibility index (Phi) is 2.35. The van der Waals surface area contributed by atoms with E-state index in [-0.39, 0.29) is 0 Å². The molecule has 0 aliphatic carbocycles. The van der Waals surface area contributed by atoms with Gasteiger partial charge in [-0.25, -0.2) is 9.97 Å². The van der Waals surface area contributed by atoms with Crippen molar-refractivity contribution in [2.45, 2.75) is 13.0 Å². The number of hydrogen-bond acceptors (Lipinski definition) is 3. The molecule has 0 saturated heterocycles. The first-order chi connectivity index (χ1) is 9.42. The molecule has 4 nitrogen and oxygen atoms in total. The van der Waals surface area contributed by atoms with E-state index in [1.54, 1.807) is 0 Å². The first-order valence-electron chi connectivity index (χ1n) is 6.54. The molecule has 1 aromatic carbocycles. The molecule has 2 aromatic heterocycles. The Bertz CT molecular complexity index is 730. The van der Waals surface area contributed by atoms with Crippen molar-refractivity contribution < 1.29 is 0 Å². The lowest BCUT2D eigenvalue weighted by Crippen LogP contribution is -2.23. The third-order valence-corrected chi connectivity index (χ3v) is 3.61. The maximum absolute atomic E-state index is 4.74. The third kappa shape index (κ3) is 1.72. The fourth-order valence-electron chi connectivity index (χ4n) is 2.64. The SMILES string of the molecule is c1ccc(-c2ncc3[nH]c4c(c3n2)CNCC4)cc1. The zero-order chi connectivity index (χ0) is 12.7. The number of aromatic amines is 1. The molecule has 3 aromatic rings. The molecular weight excluding hydrogens is 236 g/mol. The second kappa shape index (κ2) is 4.17. The third-order valence-electron chi connectivity index (χ3n) is 3.61. The standard InChI is InChI=1S/C15H14N4/c1-2-4-10(5-3-1)15-17-9-13-14(19-15)11-8-16-7-6-12(11)18-13/h1-5,9,16,18H,6-8H2. The highest BCUT2D eigenvalue weighted by Crippen LogP contribution is 2.25. The predicted octanol–water partition coefficient (Wildman–Crippen LogP) is 2.27. The molecule has 0 atom stereocenters. The summed E-state index contributed by atoms with van der Waals surface area (Å²) < 4.78 is 0. The molecule has 1 aliphatic rings. The summed E-state index contributed by atoms with van der Waals surface area (Å²) >= 11 is 0. The highest BCUT2D eigenvalue weighted by molar-refractivity contribution is 5.81. The van der Waals surface area contributed by atoms with Crippen molar-refractivity contribution in [2.24, 2.45) is 0 Å². The smallest absolute Gasteiger partial charge is 0.159 e. The summed E-state index contributed by atoms with van der Waals surface area (Å²) in [5.41, 5.74) is 5.74. The Morgan fingerprint density at radius 2 is 2.00 bits per heavy atom. The van der Waals surface area contributed by atoms with E-state index in [1.165, 1.54) is 11.3 Å². The minimum atomic E-state index is 0.792. The molecular formula is C15H14N4. The van der Waals surface area contributed by atoms with Gasteiger partial charge in [-0.2, -0.15) is 0 Å². The number of H-pyrrole nitrogens is 1. The minimum absolute atomic E-state index is 0.792. The van der Waals surface area contributed by atoms with Crippen molar-refractivity contribution >= 4 is 11.0 Å². The number of rotatable bonds is 1. The number of hydrogen-bond donors (Lipinski definition) is 2. The van der Waals surface area contributed by atoms with E-state index >= 15 is 0 Å². The molecule has 4 heteroatoms. The molecule has 0 spiro atoms. The lowest BCUT2D eigenvalue weighted by Gasteiger charge is -2.12. The highest BCUT2D eigenvalue weighted by Gasteiger charge is 2.16. The van der Waals surface area contributed by atoms with E-state index in [2.05, 4.69) is 15.3 Å². The summed E-state index contributed by atoms with van der Waals surface area (Å²) in [5, 5.41) is 3.40. The predicted molar refractivity (Wildman–Crippen MR) is 74.7 cm³/mol. The van der Waals surface area contributed by atoms with Crippen LogP contribution in [0.1, 0.15) is 11.3 Å². The van der Waals surface area contributed by atoms with Crippen molar-refractivity contribution in [1.82, 2.24) is 20.3 Å². The summed E-state index contributed by atoms with van der Waals surface area (Å²) in [7, 11) is 0. The molecule has 4 rings (SSSR count). The summed E-state index contributed by atoms with van der Waals surface area (Å²) in [6, 6.07) is 10.1. The van der Waals surface area contributed by atoms with E-state index in [1.807, 2.05) is 36.5 Å². The van der Waals surface area contributed by atoms with Crippen LogP contribution in [-0.2, 0) is 13.0 Å². The van der Waals surface area contributed by atoms with E-state index < -0.39 is 0 Å². The molecule has 3 heterocycles. The van der Waals surface area contributed by atoms with Crippen LogP contribution < -0.4 is 5.32 Å². The van der Waals surface area contributed by atoms with Gasteiger partial charge in [0.2, 0.25) is 0 Å². The summed E-state index contributed by atoms with van der Waals surface area (Å²) in [5.74, 6) is 0.792. The van der Waals surface area contributed by atoms with Crippen molar-refractivity contribution in [1.29, 1.82) is 0 Å². The second-order valence-corrected chi connectivity index (χ2v) is 4.83. The first kappa shape index (κ1) is 10.7. The second-order valence-electron chi connectivity index (χ2n) is 4.83. The van der Waals surface area contributed by atoms with Crippen LogP contribution in [0.5, 0.6) is 0 Å². The van der Waals surface area contributed by atoms with Crippen molar-refractivity contribution in [3.05, 3.63) is 47.8 Å². The number of fused-ring (bicyclic) bond motifs is 3. The van der Waals surface area contributed by atoms with Gasteiger partial charge in [0, 0.05) is 36.3 Å². The Labute approximate surface area is 110 Å². The Hall–Kier alpha value is -2.20. The largest absolute Gasteiger partial charge is 0.355 e. The number of nitrogens with zero attached hydrogens (tertiary/aromatic N) is 2. The van der Waals surface area contributed by atoms with Gasteiger partial charge in [0.05, 0.1) is 17.2 Å². The Morgan fingerprint density at radius 1 is 1.11 bits per heavy atom. The normalized spacial score (nSPS) is 14.5. The van der Waals surface area contributed by atoms with Crippen LogP contribution in [0.15, 0.2) is 36.5 Å². The monoisotopic (exact) mass is 250 g/mol. The molecule has 2 N–H and O–H groups in total. The van der Waals surface area contributed by atoms with E-state index in [9.17, 15) is 0 Å². The fourth-order valence-corrected chi connectivity index (χ4v) is 2.64. The topological polar surface area (TPSA) is 53.6 Å². The zero-order valence-electron chi connectivity index (χ0n) is 10.5. The average Bonchev–Trinajstić information content (AvgIpc) is 2.86. The van der Waals surface area contributed by atoms with Gasteiger partial charge < -0.3 is 10.3 Å². The molecule has 0 fully saturated rings. The van der Waals surface area contributed by atoms with Crippen LogP contribution in [0.4, 0.5) is 0 Å². The van der Waals surface area contributed by atoms with Gasteiger partial charge in [-0.1, -0.05) is 30.3 Å². The molecule has 94 valence electrons. The van der Waals surface area contributed by atoms with E-state index in [0.29, 0.717) is 0 Å². The maximum Gasteiger partial charge on any atom is 0.159 e. The molecule has 0 saturated carbocycles. The van der Waals surface area contributed by atoms with Gasteiger partial charge in [-0.05, 0) is 0 Å². The first-order valence-corrected chi connectivity index (χ1v) is 6.54. The van der Waals surface area contributed by atoms with Gasteiger partial charge in [-0.15, -0.1) is 0 Å². The van der Waals surface area contributed by atoms with Gasteiger partial charge in [0.15, 0.2) is 5.82 Å². The van der Waals surface area contributed by atoms with E-state index in [0.717, 1.165) is 41.9 Å². The van der Waals surface area contributed by atoms with Crippen molar-refractivity contribution in [3.8, 4) is 11.4 Å². The molecule has 0 unspecified atom stereocenters. The summed E-state index contributed by atoms with van der Waals surface area (Å²) in [6.07, 6.45) is 2.93. The number of benzene rings is 1. The summed E-state index contributed by atoms with van der Waals surface area (Å²) in [6.45, 7) is 1.92. The molecule has 0 bridgehead atoms. The van der Waals surface area contributed by atoms with Crippen LogP contribution in [-0.4, -0.2) is 21.5 Å². The molecule has 0 amide bonds. The van der Waals surface area contributed by atoms with Gasteiger partial charge in [0.25, 0.3) is 0 Å². The molecule has 0 radical (unpaired) electrons. The number of aromatic nitrogens is 3. The van der Waals surface area contributed by atoms with Crippen LogP contribution in [0.25, 0.3) is 22.4 Å². The van der Waals surface area contributed by atoms with Gasteiger partial charge in [-0.3, -0.25) is 0 Å². The Balaban J connectivity index is 1.91. The molecule has 19 heavy (non-hydrogen) atoms.